The highest BCUT2D eigenvalue weighted by Gasteiger charge is 2.51. The smallest absolute Gasteiger partial charge is 0.220 e. The molecule has 80 heavy (non-hydrogen) atoms. The third-order valence-corrected chi connectivity index (χ3v) is 16.3. The van der Waals surface area contributed by atoms with Gasteiger partial charge in [0.05, 0.1) is 32.0 Å². The molecular weight excluding hydrogens is 1010 g/mol. The highest BCUT2D eigenvalue weighted by molar-refractivity contribution is 5.76. The van der Waals surface area contributed by atoms with E-state index in [0.29, 0.717) is 12.8 Å². The Morgan fingerprint density at radius 1 is 0.438 bits per heavy atom. The molecule has 2 saturated heterocycles. The number of ether oxygens (including phenoxy) is 4. The van der Waals surface area contributed by atoms with Gasteiger partial charge < -0.3 is 65.1 Å². The zero-order chi connectivity index (χ0) is 58.1. The van der Waals surface area contributed by atoms with Crippen LogP contribution in [0.15, 0.2) is 36.5 Å². The molecule has 9 N–H and O–H groups in total. The molecule has 2 fully saturated rings. The lowest BCUT2D eigenvalue weighted by Crippen LogP contribution is -2.65. The van der Waals surface area contributed by atoms with E-state index < -0.39 is 86.8 Å². The van der Waals surface area contributed by atoms with Crippen molar-refractivity contribution in [2.75, 3.05) is 19.8 Å². The lowest BCUT2D eigenvalue weighted by Gasteiger charge is -2.46. The second kappa shape index (κ2) is 51.6. The van der Waals surface area contributed by atoms with Crippen LogP contribution >= 0.6 is 0 Å². The van der Waals surface area contributed by atoms with Crippen LogP contribution in [0.2, 0.25) is 0 Å². The van der Waals surface area contributed by atoms with Gasteiger partial charge in [-0.05, 0) is 44.9 Å². The van der Waals surface area contributed by atoms with Gasteiger partial charge in [0.1, 0.15) is 48.8 Å². The molecular formula is C66H123NO13. The Hall–Kier alpha value is -1.79. The Kier molecular flexibility index (Phi) is 47.9. The molecule has 2 heterocycles. The first-order valence-electron chi connectivity index (χ1n) is 33.2. The largest absolute Gasteiger partial charge is 0.394 e. The van der Waals surface area contributed by atoms with Crippen molar-refractivity contribution in [3.05, 3.63) is 36.5 Å². The Bertz CT molecular complexity index is 1480. The Morgan fingerprint density at radius 2 is 0.800 bits per heavy atom. The van der Waals surface area contributed by atoms with E-state index in [1.807, 2.05) is 6.08 Å². The minimum absolute atomic E-state index is 0.250. The van der Waals surface area contributed by atoms with E-state index in [4.69, 9.17) is 18.9 Å². The summed E-state index contributed by atoms with van der Waals surface area (Å²) in [7, 11) is 0. The fourth-order valence-electron chi connectivity index (χ4n) is 11.0. The molecule has 0 aromatic rings. The molecule has 0 spiro atoms. The monoisotopic (exact) mass is 1140 g/mol. The molecule has 0 aliphatic carbocycles. The van der Waals surface area contributed by atoms with E-state index in [1.54, 1.807) is 6.08 Å². The topological polar surface area (TPSA) is 228 Å². The van der Waals surface area contributed by atoms with Gasteiger partial charge in [0.15, 0.2) is 12.6 Å². The molecule has 2 rings (SSSR count). The first-order chi connectivity index (χ1) is 39.1. The quantitative estimate of drug-likeness (QED) is 0.0204. The minimum Gasteiger partial charge on any atom is -0.394 e. The van der Waals surface area contributed by atoms with Gasteiger partial charge in [0.2, 0.25) is 5.91 Å². The maximum atomic E-state index is 13.3. The van der Waals surface area contributed by atoms with E-state index in [1.165, 1.54) is 205 Å². The Morgan fingerprint density at radius 3 is 1.23 bits per heavy atom. The fraction of sp³-hybridized carbons (Fsp3) is 0.894. The number of rotatable bonds is 54. The molecule has 0 aromatic carbocycles. The third kappa shape index (κ3) is 36.1. The number of aliphatic hydroxyl groups is 8. The van der Waals surface area contributed by atoms with Crippen molar-refractivity contribution in [2.45, 2.75) is 357 Å². The van der Waals surface area contributed by atoms with Crippen molar-refractivity contribution in [3.63, 3.8) is 0 Å². The van der Waals surface area contributed by atoms with Crippen LogP contribution in [0.4, 0.5) is 0 Å². The SMILES string of the molecule is CCCCC/C=C/CC/C=C/CC/C=C/C(O)C(COC1OC(CO)C(OC2OC(CO)C(O)C(O)C2O)C(O)C1O)NC(=O)CCCCCCCCCCCCCCCCCCCCCCCCCCCCCCCCCCC. The van der Waals surface area contributed by atoms with Gasteiger partial charge in [-0.1, -0.05) is 269 Å². The highest BCUT2D eigenvalue weighted by atomic mass is 16.7. The molecule has 0 aromatic heterocycles. The predicted molar refractivity (Wildman–Crippen MR) is 323 cm³/mol. The summed E-state index contributed by atoms with van der Waals surface area (Å²) in [5.74, 6) is -0.250. The number of amides is 1. The first kappa shape index (κ1) is 74.3. The first-order valence-corrected chi connectivity index (χ1v) is 33.2. The molecule has 14 heteroatoms. The van der Waals surface area contributed by atoms with E-state index in [2.05, 4.69) is 43.5 Å². The van der Waals surface area contributed by atoms with Gasteiger partial charge in [-0.2, -0.15) is 0 Å². The number of unbranched alkanes of at least 4 members (excludes halogenated alkanes) is 37. The van der Waals surface area contributed by atoms with Gasteiger partial charge in [0.25, 0.3) is 0 Å². The standard InChI is InChI=1S/C66H123NO13/c1-3-5-7-9-11-13-15-17-18-19-20-21-22-23-24-25-26-27-28-29-30-31-32-33-34-35-36-38-40-42-44-46-48-50-58(71)67-54(55(70)49-47-45-43-41-39-37-16-14-12-10-8-6-4-2)53-77-65-63(76)61(74)64(57(52-69)79-65)80-66-62(75)60(73)59(72)56(51-68)78-66/h12,14,39,41,47,49,54-57,59-66,68-70,72-76H,3-11,13,15-38,40,42-46,48,50-53H2,1-2H3,(H,67,71)/b14-12+,41-39+,49-47+. The summed E-state index contributed by atoms with van der Waals surface area (Å²) in [6, 6.07) is -0.935. The summed E-state index contributed by atoms with van der Waals surface area (Å²) < 4.78 is 22.8. The van der Waals surface area contributed by atoms with Crippen molar-refractivity contribution >= 4 is 5.91 Å². The Balaban J connectivity index is 1.61. The van der Waals surface area contributed by atoms with Crippen LogP contribution in [0.1, 0.15) is 284 Å². The maximum Gasteiger partial charge on any atom is 0.220 e. The number of carbonyl (C=O) groups is 1. The van der Waals surface area contributed by atoms with Crippen LogP contribution in [0.25, 0.3) is 0 Å². The van der Waals surface area contributed by atoms with E-state index in [9.17, 15) is 45.6 Å². The van der Waals surface area contributed by atoms with Crippen LogP contribution in [-0.4, -0.2) is 140 Å². The number of aliphatic hydroxyl groups excluding tert-OH is 8. The van der Waals surface area contributed by atoms with Crippen LogP contribution < -0.4 is 5.32 Å². The second-order valence-corrected chi connectivity index (χ2v) is 23.6. The minimum atomic E-state index is -1.79. The van der Waals surface area contributed by atoms with Crippen molar-refractivity contribution in [1.82, 2.24) is 5.32 Å². The van der Waals surface area contributed by atoms with Crippen molar-refractivity contribution in [1.29, 1.82) is 0 Å². The molecule has 0 bridgehead atoms. The molecule has 12 atom stereocenters. The van der Waals surface area contributed by atoms with Gasteiger partial charge in [-0.25, -0.2) is 0 Å². The molecule has 0 radical (unpaired) electrons. The fourth-order valence-corrected chi connectivity index (χ4v) is 11.0. The summed E-state index contributed by atoms with van der Waals surface area (Å²) in [4.78, 5) is 13.3. The lowest BCUT2D eigenvalue weighted by molar-refractivity contribution is -0.359. The number of carbonyl (C=O) groups excluding carboxylic acids is 1. The third-order valence-electron chi connectivity index (χ3n) is 16.3. The lowest BCUT2D eigenvalue weighted by atomic mass is 9.97. The molecule has 14 nitrogen and oxygen atoms in total. The molecule has 0 saturated carbocycles. The molecule has 2 aliphatic heterocycles. The molecule has 1 amide bonds. The summed E-state index contributed by atoms with van der Waals surface area (Å²) in [5, 5.41) is 87.0. The van der Waals surface area contributed by atoms with Crippen LogP contribution in [-0.2, 0) is 23.7 Å². The summed E-state index contributed by atoms with van der Waals surface area (Å²) >= 11 is 0. The second-order valence-electron chi connectivity index (χ2n) is 23.6. The van der Waals surface area contributed by atoms with E-state index >= 15 is 0 Å². The van der Waals surface area contributed by atoms with Crippen molar-refractivity contribution < 1.29 is 64.6 Å². The average Bonchev–Trinajstić information content (AvgIpc) is 3.49. The highest BCUT2D eigenvalue weighted by Crippen LogP contribution is 2.30. The normalized spacial score (nSPS) is 24.4. The van der Waals surface area contributed by atoms with Gasteiger partial charge in [-0.3, -0.25) is 4.79 Å². The van der Waals surface area contributed by atoms with E-state index in [0.717, 1.165) is 44.9 Å². The van der Waals surface area contributed by atoms with Crippen LogP contribution in [0, 0.1) is 0 Å². The number of allylic oxidation sites excluding steroid dienone is 5. The van der Waals surface area contributed by atoms with E-state index in [-0.39, 0.29) is 18.9 Å². The van der Waals surface area contributed by atoms with Crippen LogP contribution in [0.5, 0.6) is 0 Å². The van der Waals surface area contributed by atoms with Crippen LogP contribution in [0.3, 0.4) is 0 Å². The van der Waals surface area contributed by atoms with Gasteiger partial charge in [-0.15, -0.1) is 0 Å². The van der Waals surface area contributed by atoms with Gasteiger partial charge >= 0.3 is 0 Å². The average molecular weight is 1140 g/mol. The van der Waals surface area contributed by atoms with Crippen molar-refractivity contribution in [2.24, 2.45) is 0 Å². The zero-order valence-corrected chi connectivity index (χ0v) is 50.8. The van der Waals surface area contributed by atoms with Crippen molar-refractivity contribution in [3.8, 4) is 0 Å². The van der Waals surface area contributed by atoms with Gasteiger partial charge in [0, 0.05) is 6.42 Å². The molecule has 470 valence electrons. The molecule has 2 aliphatic rings. The number of hydrogen-bond donors (Lipinski definition) is 9. The number of hydrogen-bond acceptors (Lipinski definition) is 13. The summed E-state index contributed by atoms with van der Waals surface area (Å²) in [6.45, 7) is 2.76. The predicted octanol–water partition coefficient (Wildman–Crippen LogP) is 12.6. The Labute approximate surface area is 487 Å². The number of nitrogens with one attached hydrogen (secondary N) is 1. The summed E-state index contributed by atoms with van der Waals surface area (Å²) in [6.07, 6.45) is 48.0. The zero-order valence-electron chi connectivity index (χ0n) is 50.8. The molecule has 12 unspecified atom stereocenters. The summed E-state index contributed by atoms with van der Waals surface area (Å²) in [5.41, 5.74) is 0. The maximum absolute atomic E-state index is 13.3.